The zero-order valence-electron chi connectivity index (χ0n) is 26.3. The zero-order chi connectivity index (χ0) is 32.5. The molecule has 0 saturated carbocycles. The number of nitrogens with zero attached hydrogens (tertiary/aromatic N) is 1. The van der Waals surface area contributed by atoms with Crippen LogP contribution in [0.2, 0.25) is 0 Å². The number of amides is 1. The highest BCUT2D eigenvalue weighted by molar-refractivity contribution is 5.92. The number of allylic oxidation sites excluding steroid dienone is 10. The molecule has 1 aromatic heterocycles. The second kappa shape index (κ2) is 23.2. The minimum Gasteiger partial charge on any atom is -0.481 e. The topological polar surface area (TPSA) is 132 Å². The maximum atomic E-state index is 12.9. The molecule has 0 aliphatic heterocycles. The van der Waals surface area contributed by atoms with Crippen LogP contribution in [-0.4, -0.2) is 53.2 Å². The molecule has 0 aliphatic carbocycles. The van der Waals surface area contributed by atoms with Crippen molar-refractivity contribution in [3.05, 3.63) is 90.9 Å². The van der Waals surface area contributed by atoms with Gasteiger partial charge >= 0.3 is 17.9 Å². The van der Waals surface area contributed by atoms with Crippen LogP contribution < -0.4 is 5.32 Å². The lowest BCUT2D eigenvalue weighted by molar-refractivity contribution is -0.153. The molecule has 9 heteroatoms. The Morgan fingerprint density at radius 3 is 2.05 bits per heavy atom. The van der Waals surface area contributed by atoms with Gasteiger partial charge in [-0.2, -0.15) is 0 Å². The minimum atomic E-state index is -1.34. The third-order valence-electron chi connectivity index (χ3n) is 6.22. The first-order valence-electron chi connectivity index (χ1n) is 15.2. The summed E-state index contributed by atoms with van der Waals surface area (Å²) in [5.41, 5.74) is -0.941. The van der Waals surface area contributed by atoms with Crippen molar-refractivity contribution in [2.75, 3.05) is 13.2 Å². The van der Waals surface area contributed by atoms with E-state index in [-0.39, 0.29) is 31.6 Å². The molecule has 0 radical (unpaired) electrons. The second-order valence-electron chi connectivity index (χ2n) is 10.7. The number of carboxylic acid groups (broad SMARTS) is 1. The predicted molar refractivity (Wildman–Crippen MR) is 172 cm³/mol. The number of esters is 2. The Balaban J connectivity index is 2.43. The molecule has 1 rings (SSSR count). The molecule has 1 amide bonds. The van der Waals surface area contributed by atoms with Crippen molar-refractivity contribution in [1.29, 1.82) is 0 Å². The fourth-order valence-electron chi connectivity index (χ4n) is 3.76. The molecule has 0 saturated heterocycles. The van der Waals surface area contributed by atoms with Gasteiger partial charge in [0.2, 0.25) is 0 Å². The van der Waals surface area contributed by atoms with Crippen molar-refractivity contribution < 1.29 is 33.8 Å². The summed E-state index contributed by atoms with van der Waals surface area (Å²) in [5, 5.41) is 11.3. The number of pyridine rings is 1. The number of aliphatic carboxylic acids is 1. The highest BCUT2D eigenvalue weighted by atomic mass is 16.6. The highest BCUT2D eigenvalue weighted by Crippen LogP contribution is 2.26. The molecular formula is C35H48N2O7. The number of hydrogen-bond acceptors (Lipinski definition) is 7. The summed E-state index contributed by atoms with van der Waals surface area (Å²) in [7, 11) is 0. The Hall–Kier alpha value is -4.27. The molecule has 1 heterocycles. The van der Waals surface area contributed by atoms with Crippen LogP contribution in [0.3, 0.4) is 0 Å². The average molecular weight is 609 g/mol. The van der Waals surface area contributed by atoms with E-state index in [9.17, 15) is 19.2 Å². The van der Waals surface area contributed by atoms with Crippen LogP contribution in [0.15, 0.2) is 85.3 Å². The Labute approximate surface area is 261 Å². The minimum absolute atomic E-state index is 0.138. The van der Waals surface area contributed by atoms with Gasteiger partial charge < -0.3 is 19.9 Å². The summed E-state index contributed by atoms with van der Waals surface area (Å²) in [6.45, 7) is 5.08. The van der Waals surface area contributed by atoms with Crippen molar-refractivity contribution in [2.24, 2.45) is 5.41 Å². The van der Waals surface area contributed by atoms with Crippen LogP contribution >= 0.6 is 0 Å². The van der Waals surface area contributed by atoms with Crippen molar-refractivity contribution in [3.63, 3.8) is 0 Å². The maximum Gasteiger partial charge on any atom is 0.340 e. The van der Waals surface area contributed by atoms with E-state index in [1.54, 1.807) is 19.9 Å². The van der Waals surface area contributed by atoms with Crippen molar-refractivity contribution >= 4 is 23.8 Å². The van der Waals surface area contributed by atoms with Gasteiger partial charge in [0.1, 0.15) is 6.61 Å². The van der Waals surface area contributed by atoms with Gasteiger partial charge in [0.05, 0.1) is 12.0 Å². The molecule has 240 valence electrons. The lowest BCUT2D eigenvalue weighted by Crippen LogP contribution is -2.49. The van der Waals surface area contributed by atoms with Crippen LogP contribution in [0.4, 0.5) is 0 Å². The molecule has 1 unspecified atom stereocenters. The van der Waals surface area contributed by atoms with Gasteiger partial charge in [0.25, 0.3) is 5.91 Å². The van der Waals surface area contributed by atoms with Gasteiger partial charge in [0.15, 0.2) is 6.10 Å². The van der Waals surface area contributed by atoms with E-state index in [0.29, 0.717) is 6.42 Å². The Morgan fingerprint density at radius 1 is 0.909 bits per heavy atom. The van der Waals surface area contributed by atoms with E-state index >= 15 is 0 Å². The van der Waals surface area contributed by atoms with Crippen molar-refractivity contribution in [2.45, 2.75) is 84.7 Å². The SMILES string of the molecule is CCC=CCC=CCC=CCC=CCC=CCCCC(=O)OCC(C)(C)C(OC(=O)c1cccnc1)C(=O)NCCC(=O)O. The summed E-state index contributed by atoms with van der Waals surface area (Å²) in [4.78, 5) is 52.6. The lowest BCUT2D eigenvalue weighted by Gasteiger charge is -2.32. The summed E-state index contributed by atoms with van der Waals surface area (Å²) in [5.74, 6) is -2.95. The Morgan fingerprint density at radius 2 is 1.50 bits per heavy atom. The summed E-state index contributed by atoms with van der Waals surface area (Å²) in [6, 6.07) is 3.06. The van der Waals surface area contributed by atoms with Gasteiger partial charge in [-0.15, -0.1) is 0 Å². The Bertz CT molecular complexity index is 1150. The molecule has 0 aliphatic rings. The summed E-state index contributed by atoms with van der Waals surface area (Å²) < 4.78 is 10.9. The number of carboxylic acids is 1. The summed E-state index contributed by atoms with van der Waals surface area (Å²) >= 11 is 0. The van der Waals surface area contributed by atoms with E-state index in [4.69, 9.17) is 14.6 Å². The first-order chi connectivity index (χ1) is 21.2. The molecule has 0 spiro atoms. The normalized spacial score (nSPS) is 12.9. The number of hydrogen-bond donors (Lipinski definition) is 2. The number of aromatic nitrogens is 1. The molecular weight excluding hydrogens is 560 g/mol. The smallest absolute Gasteiger partial charge is 0.340 e. The number of ether oxygens (including phenoxy) is 2. The van der Waals surface area contributed by atoms with Crippen LogP contribution in [0, 0.1) is 5.41 Å². The van der Waals surface area contributed by atoms with E-state index in [2.05, 4.69) is 71.9 Å². The predicted octanol–water partition coefficient (Wildman–Crippen LogP) is 6.69. The monoisotopic (exact) mass is 608 g/mol. The maximum absolute atomic E-state index is 12.9. The van der Waals surface area contributed by atoms with E-state index < -0.39 is 35.3 Å². The number of rotatable bonds is 22. The molecule has 44 heavy (non-hydrogen) atoms. The molecule has 0 fully saturated rings. The van der Waals surface area contributed by atoms with E-state index in [0.717, 1.165) is 38.5 Å². The van der Waals surface area contributed by atoms with Crippen LogP contribution in [0.25, 0.3) is 0 Å². The zero-order valence-corrected chi connectivity index (χ0v) is 26.3. The number of carbonyl (C=O) groups is 4. The molecule has 9 nitrogen and oxygen atoms in total. The third kappa shape index (κ3) is 18.3. The van der Waals surface area contributed by atoms with Crippen molar-refractivity contribution in [3.8, 4) is 0 Å². The molecule has 0 bridgehead atoms. The molecule has 1 aromatic rings. The standard InChI is InChI=1S/C35H48N2O7/c1-4-5-6-7-8-9-10-11-12-13-14-15-16-17-18-19-20-23-31(40)43-28-35(2,3)32(33(41)37-26-24-30(38)39)44-34(42)29-22-21-25-36-27-29/h5-6,8-9,11-12,14-15,17-18,21-22,25,27,32H,4,7,10,13,16,19-20,23-24,26,28H2,1-3H3,(H,37,41)(H,38,39). The van der Waals surface area contributed by atoms with Gasteiger partial charge in [-0.05, 0) is 57.1 Å². The Kier molecular flexibility index (Phi) is 19.9. The third-order valence-corrected chi connectivity index (χ3v) is 6.22. The molecule has 2 N–H and O–H groups in total. The van der Waals surface area contributed by atoms with Gasteiger partial charge in [-0.25, -0.2) is 4.79 Å². The van der Waals surface area contributed by atoms with Gasteiger partial charge in [-0.1, -0.05) is 81.5 Å². The number of nitrogens with one attached hydrogen (secondary N) is 1. The number of unbranched alkanes of at least 4 members (excludes halogenated alkanes) is 1. The largest absolute Gasteiger partial charge is 0.481 e. The van der Waals surface area contributed by atoms with Crippen LogP contribution in [0.5, 0.6) is 0 Å². The second-order valence-corrected chi connectivity index (χ2v) is 10.7. The number of carbonyl (C=O) groups excluding carboxylic acids is 3. The van der Waals surface area contributed by atoms with Gasteiger partial charge in [0, 0.05) is 30.8 Å². The highest BCUT2D eigenvalue weighted by Gasteiger charge is 2.40. The van der Waals surface area contributed by atoms with E-state index in [1.807, 2.05) is 6.08 Å². The van der Waals surface area contributed by atoms with Crippen molar-refractivity contribution in [1.82, 2.24) is 10.3 Å². The van der Waals surface area contributed by atoms with Crippen LogP contribution in [0.1, 0.15) is 88.9 Å². The molecule has 0 aromatic carbocycles. The van der Waals surface area contributed by atoms with Crippen LogP contribution in [-0.2, 0) is 23.9 Å². The fraction of sp³-hybridized carbons (Fsp3) is 0.457. The van der Waals surface area contributed by atoms with Gasteiger partial charge in [-0.3, -0.25) is 19.4 Å². The fourth-order valence-corrected chi connectivity index (χ4v) is 3.76. The molecule has 1 atom stereocenters. The lowest BCUT2D eigenvalue weighted by atomic mass is 9.86. The summed E-state index contributed by atoms with van der Waals surface area (Å²) in [6.07, 6.45) is 28.8. The average Bonchev–Trinajstić information content (AvgIpc) is 3.00. The first kappa shape index (κ1) is 37.8. The quantitative estimate of drug-likeness (QED) is 0.0846. The van der Waals surface area contributed by atoms with E-state index in [1.165, 1.54) is 18.5 Å². The first-order valence-corrected chi connectivity index (χ1v) is 15.2.